The van der Waals surface area contributed by atoms with Crippen molar-refractivity contribution in [1.82, 2.24) is 19.6 Å². The topological polar surface area (TPSA) is 65.1 Å². The summed E-state index contributed by atoms with van der Waals surface area (Å²) in [4.78, 5) is 0. The van der Waals surface area contributed by atoms with Crippen LogP contribution in [0.1, 0.15) is 23.1 Å². The first-order valence-corrected chi connectivity index (χ1v) is 6.30. The molecule has 0 fully saturated rings. The average molecular weight is 285 g/mol. The fourth-order valence-corrected chi connectivity index (χ4v) is 2.18. The molecule has 104 valence electrons. The van der Waals surface area contributed by atoms with Crippen LogP contribution < -0.4 is 0 Å². The molecule has 0 aliphatic heterocycles. The Morgan fingerprint density at radius 2 is 2.16 bits per heavy atom. The van der Waals surface area contributed by atoms with Gasteiger partial charge in [-0.05, 0) is 6.92 Å². The van der Waals surface area contributed by atoms with Gasteiger partial charge in [0.25, 0.3) is 0 Å². The summed E-state index contributed by atoms with van der Waals surface area (Å²) in [6, 6.07) is 0. The lowest BCUT2D eigenvalue weighted by Crippen LogP contribution is -2.14. The van der Waals surface area contributed by atoms with Gasteiger partial charge in [-0.25, -0.2) is 0 Å². The van der Waals surface area contributed by atoms with Gasteiger partial charge in [0.2, 0.25) is 0 Å². The van der Waals surface area contributed by atoms with Gasteiger partial charge in [-0.15, -0.1) is 0 Å². The van der Waals surface area contributed by atoms with Gasteiger partial charge in [0.15, 0.2) is 0 Å². The molecular weight excluding hydrogens is 268 g/mol. The minimum Gasteiger partial charge on any atom is -0.383 e. The summed E-state index contributed by atoms with van der Waals surface area (Å²) in [5, 5.41) is 19.2. The summed E-state index contributed by atoms with van der Waals surface area (Å²) in [6.07, 6.45) is 2.33. The van der Waals surface area contributed by atoms with Gasteiger partial charge in [0.1, 0.15) is 6.10 Å². The van der Waals surface area contributed by atoms with E-state index in [1.165, 1.54) is 6.20 Å². The fraction of sp³-hybridized carbons (Fsp3) is 0.500. The molecule has 0 aromatic carbocycles. The van der Waals surface area contributed by atoms with Crippen LogP contribution in [0.3, 0.4) is 0 Å². The number of aryl methyl sites for hydroxylation is 1. The van der Waals surface area contributed by atoms with Crippen LogP contribution in [0, 0.1) is 6.92 Å². The van der Waals surface area contributed by atoms with E-state index in [9.17, 15) is 5.11 Å². The highest BCUT2D eigenvalue weighted by Crippen LogP contribution is 2.29. The van der Waals surface area contributed by atoms with Crippen molar-refractivity contribution >= 4 is 11.6 Å². The number of rotatable bonds is 5. The van der Waals surface area contributed by atoms with Crippen molar-refractivity contribution in [2.45, 2.75) is 19.6 Å². The molecule has 0 bridgehead atoms. The lowest BCUT2D eigenvalue weighted by Gasteiger charge is -2.14. The molecule has 1 unspecified atom stereocenters. The Morgan fingerprint density at radius 3 is 2.74 bits per heavy atom. The second-order valence-electron chi connectivity index (χ2n) is 4.31. The van der Waals surface area contributed by atoms with E-state index in [1.54, 1.807) is 22.7 Å². The predicted molar refractivity (Wildman–Crippen MR) is 71.1 cm³/mol. The molecule has 1 N–H and O–H groups in total. The lowest BCUT2D eigenvalue weighted by molar-refractivity contribution is 0.171. The highest BCUT2D eigenvalue weighted by atomic mass is 35.5. The molecule has 2 heterocycles. The molecule has 0 saturated heterocycles. The van der Waals surface area contributed by atoms with Crippen LogP contribution in [0.15, 0.2) is 12.4 Å². The zero-order valence-electron chi connectivity index (χ0n) is 11.2. The van der Waals surface area contributed by atoms with E-state index in [4.69, 9.17) is 16.3 Å². The van der Waals surface area contributed by atoms with Crippen molar-refractivity contribution in [3.8, 4) is 0 Å². The van der Waals surface area contributed by atoms with E-state index in [0.29, 0.717) is 23.9 Å². The van der Waals surface area contributed by atoms with Crippen molar-refractivity contribution in [3.05, 3.63) is 34.4 Å². The summed E-state index contributed by atoms with van der Waals surface area (Å²) in [6.45, 7) is 2.94. The summed E-state index contributed by atoms with van der Waals surface area (Å²) >= 11 is 6.12. The number of halogens is 1. The minimum absolute atomic E-state index is 0.437. The Kier molecular flexibility index (Phi) is 4.24. The SMILES string of the molecule is COCCn1ncc(Cl)c1C(O)c1cnn(C)c1C. The van der Waals surface area contributed by atoms with Gasteiger partial charge in [-0.3, -0.25) is 9.36 Å². The van der Waals surface area contributed by atoms with Crippen molar-refractivity contribution in [3.63, 3.8) is 0 Å². The van der Waals surface area contributed by atoms with Gasteiger partial charge >= 0.3 is 0 Å². The Hall–Kier alpha value is -1.37. The van der Waals surface area contributed by atoms with Crippen LogP contribution in [0.4, 0.5) is 0 Å². The Bertz CT molecular complexity index is 564. The van der Waals surface area contributed by atoms with Gasteiger partial charge < -0.3 is 9.84 Å². The molecule has 1 atom stereocenters. The summed E-state index contributed by atoms with van der Waals surface area (Å²) in [5.41, 5.74) is 2.18. The van der Waals surface area contributed by atoms with Crippen molar-refractivity contribution in [1.29, 1.82) is 0 Å². The number of ether oxygens (including phenoxy) is 1. The molecule has 0 spiro atoms. The molecule has 0 amide bonds. The largest absolute Gasteiger partial charge is 0.383 e. The first-order chi connectivity index (χ1) is 9.06. The van der Waals surface area contributed by atoms with Crippen LogP contribution in [0.25, 0.3) is 0 Å². The van der Waals surface area contributed by atoms with E-state index in [0.717, 1.165) is 11.3 Å². The maximum atomic E-state index is 10.5. The van der Waals surface area contributed by atoms with Crippen LogP contribution in [0.2, 0.25) is 5.02 Å². The van der Waals surface area contributed by atoms with Crippen LogP contribution in [-0.4, -0.2) is 38.4 Å². The summed E-state index contributed by atoms with van der Waals surface area (Å²) in [5.74, 6) is 0. The molecule has 0 aliphatic rings. The smallest absolute Gasteiger partial charge is 0.125 e. The van der Waals surface area contributed by atoms with E-state index in [-0.39, 0.29) is 0 Å². The van der Waals surface area contributed by atoms with Crippen molar-refractivity contribution in [2.24, 2.45) is 7.05 Å². The quantitative estimate of drug-likeness (QED) is 0.899. The molecular formula is C12H17ClN4O2. The van der Waals surface area contributed by atoms with Gasteiger partial charge in [-0.2, -0.15) is 10.2 Å². The normalized spacial score (nSPS) is 12.9. The number of methoxy groups -OCH3 is 1. The molecule has 6 nitrogen and oxygen atoms in total. The average Bonchev–Trinajstić information content (AvgIpc) is 2.91. The second kappa shape index (κ2) is 5.73. The van der Waals surface area contributed by atoms with Crippen molar-refractivity contribution in [2.75, 3.05) is 13.7 Å². The van der Waals surface area contributed by atoms with Crippen molar-refractivity contribution < 1.29 is 9.84 Å². The predicted octanol–water partition coefficient (Wildman–Crippen LogP) is 1.31. The third kappa shape index (κ3) is 2.65. The summed E-state index contributed by atoms with van der Waals surface area (Å²) < 4.78 is 8.39. The Morgan fingerprint density at radius 1 is 1.42 bits per heavy atom. The highest BCUT2D eigenvalue weighted by Gasteiger charge is 2.23. The molecule has 2 aromatic rings. The number of aromatic nitrogens is 4. The highest BCUT2D eigenvalue weighted by molar-refractivity contribution is 6.31. The number of hydrogen-bond donors (Lipinski definition) is 1. The number of aliphatic hydroxyl groups is 1. The Balaban J connectivity index is 2.35. The lowest BCUT2D eigenvalue weighted by atomic mass is 10.1. The van der Waals surface area contributed by atoms with Gasteiger partial charge in [-0.1, -0.05) is 11.6 Å². The van der Waals surface area contributed by atoms with E-state index < -0.39 is 6.10 Å². The molecule has 7 heteroatoms. The third-order valence-corrected chi connectivity index (χ3v) is 3.46. The molecule has 0 radical (unpaired) electrons. The first kappa shape index (κ1) is 14.0. The first-order valence-electron chi connectivity index (χ1n) is 5.93. The molecule has 2 aromatic heterocycles. The number of hydrogen-bond acceptors (Lipinski definition) is 4. The monoisotopic (exact) mass is 284 g/mol. The molecule has 2 rings (SSSR count). The van der Waals surface area contributed by atoms with E-state index in [2.05, 4.69) is 10.2 Å². The fourth-order valence-electron chi connectivity index (χ4n) is 1.93. The van der Waals surface area contributed by atoms with E-state index >= 15 is 0 Å². The number of aliphatic hydroxyl groups excluding tert-OH is 1. The van der Waals surface area contributed by atoms with Gasteiger partial charge in [0, 0.05) is 25.4 Å². The maximum Gasteiger partial charge on any atom is 0.125 e. The molecule has 0 saturated carbocycles. The van der Waals surface area contributed by atoms with Gasteiger partial charge in [0.05, 0.1) is 36.3 Å². The second-order valence-corrected chi connectivity index (χ2v) is 4.71. The zero-order valence-corrected chi connectivity index (χ0v) is 11.9. The number of nitrogens with zero attached hydrogens (tertiary/aromatic N) is 4. The van der Waals surface area contributed by atoms with Crippen LogP contribution >= 0.6 is 11.6 Å². The zero-order chi connectivity index (χ0) is 14.0. The third-order valence-electron chi connectivity index (χ3n) is 3.17. The Labute approximate surface area is 116 Å². The summed E-state index contributed by atoms with van der Waals surface area (Å²) in [7, 11) is 3.45. The maximum absolute atomic E-state index is 10.5. The van der Waals surface area contributed by atoms with Crippen LogP contribution in [-0.2, 0) is 18.3 Å². The van der Waals surface area contributed by atoms with Crippen LogP contribution in [0.5, 0.6) is 0 Å². The minimum atomic E-state index is -0.847. The van der Waals surface area contributed by atoms with E-state index in [1.807, 2.05) is 14.0 Å². The molecule has 0 aliphatic carbocycles. The standard InChI is InChI=1S/C12H17ClN4O2/c1-8-9(6-14-16(8)2)12(18)11-10(13)7-15-17(11)4-5-19-3/h6-7,12,18H,4-5H2,1-3H3. The molecule has 19 heavy (non-hydrogen) atoms.